The lowest BCUT2D eigenvalue weighted by molar-refractivity contribution is 1.61. The van der Waals surface area contributed by atoms with E-state index in [1.807, 2.05) is 0 Å². The third kappa shape index (κ3) is 2.83. The smallest absolute Gasteiger partial charge is 0.0607 e. The van der Waals surface area contributed by atoms with E-state index < -0.39 is 0 Å². The van der Waals surface area contributed by atoms with Gasteiger partial charge in [0.1, 0.15) is 0 Å². The van der Waals surface area contributed by atoms with Crippen LogP contribution in [0, 0.1) is 0 Å². The Bertz CT molecular complexity index is 577. The molecule has 2 aromatic carbocycles. The highest BCUT2D eigenvalue weighted by molar-refractivity contribution is 6.44. The topological polar surface area (TPSA) is 0 Å². The van der Waals surface area contributed by atoms with E-state index in [1.165, 1.54) is 0 Å². The fraction of sp³-hybridized carbons (Fsp3) is 0. The molecule has 0 aliphatic rings. The summed E-state index contributed by atoms with van der Waals surface area (Å²) < 4.78 is 0. The number of rotatable bonds is 1. The minimum absolute atomic E-state index is 0.401. The van der Waals surface area contributed by atoms with Gasteiger partial charge in [-0.05, 0) is 30.3 Å². The molecule has 0 amide bonds. The summed E-state index contributed by atoms with van der Waals surface area (Å²) in [7, 11) is 0. The number of hydrogen-bond donors (Lipinski definition) is 0. The van der Waals surface area contributed by atoms with Crippen LogP contribution in [0.25, 0.3) is 11.1 Å². The first-order chi connectivity index (χ1) is 7.99. The molecule has 0 radical (unpaired) electrons. The van der Waals surface area contributed by atoms with Crippen LogP contribution in [0.2, 0.25) is 25.1 Å². The third-order valence-electron chi connectivity index (χ3n) is 2.23. The monoisotopic (exact) mass is 324 g/mol. The molecule has 0 aliphatic carbocycles. The summed E-state index contributed by atoms with van der Waals surface area (Å²) in [4.78, 5) is 0. The Balaban J connectivity index is 2.68. The van der Waals surface area contributed by atoms with Crippen LogP contribution >= 0.6 is 58.0 Å². The Hall–Kier alpha value is -0.110. The fourth-order valence-electron chi connectivity index (χ4n) is 1.43. The lowest BCUT2D eigenvalue weighted by atomic mass is 10.1. The minimum atomic E-state index is 0.401. The molecule has 0 saturated carbocycles. The second kappa shape index (κ2) is 5.26. The maximum atomic E-state index is 6.12. The maximum absolute atomic E-state index is 6.12. The molecule has 2 aromatic rings. The zero-order valence-electron chi connectivity index (χ0n) is 8.28. The van der Waals surface area contributed by atoms with Crippen LogP contribution in [0.1, 0.15) is 0 Å². The molecule has 0 saturated heterocycles. The molecule has 0 atom stereocenters. The van der Waals surface area contributed by atoms with Crippen molar-refractivity contribution in [3.63, 3.8) is 0 Å². The molecule has 0 nitrogen and oxygen atoms in total. The molecule has 2 rings (SSSR count). The van der Waals surface area contributed by atoms with Crippen molar-refractivity contribution in [1.82, 2.24) is 0 Å². The molecule has 0 aromatic heterocycles. The summed E-state index contributed by atoms with van der Waals surface area (Å²) in [5.74, 6) is 0. The van der Waals surface area contributed by atoms with Crippen LogP contribution < -0.4 is 0 Å². The van der Waals surface area contributed by atoms with Crippen molar-refractivity contribution in [2.75, 3.05) is 0 Å². The van der Waals surface area contributed by atoms with Crippen LogP contribution in [-0.4, -0.2) is 0 Å². The largest absolute Gasteiger partial charge is 0.0843 e. The van der Waals surface area contributed by atoms with E-state index in [0.29, 0.717) is 30.7 Å². The highest BCUT2D eigenvalue weighted by Crippen LogP contribution is 2.39. The van der Waals surface area contributed by atoms with E-state index in [9.17, 15) is 0 Å². The maximum Gasteiger partial charge on any atom is 0.0607 e. The number of halogens is 5. The predicted octanol–water partition coefficient (Wildman–Crippen LogP) is 6.62. The first kappa shape index (κ1) is 13.3. The lowest BCUT2D eigenvalue weighted by Gasteiger charge is -2.09. The second-order valence-electron chi connectivity index (χ2n) is 3.37. The Labute approximate surface area is 124 Å². The molecule has 5 heteroatoms. The second-order valence-corrected chi connectivity index (χ2v) is 5.44. The van der Waals surface area contributed by atoms with Crippen molar-refractivity contribution >= 4 is 58.0 Å². The summed E-state index contributed by atoms with van der Waals surface area (Å²) >= 11 is 30.0. The van der Waals surface area contributed by atoms with E-state index in [-0.39, 0.29) is 0 Å². The quantitative estimate of drug-likeness (QED) is 0.517. The number of hydrogen-bond acceptors (Lipinski definition) is 0. The van der Waals surface area contributed by atoms with Crippen LogP contribution in [0.5, 0.6) is 0 Å². The van der Waals surface area contributed by atoms with Gasteiger partial charge >= 0.3 is 0 Å². The van der Waals surface area contributed by atoms with Crippen LogP contribution in [0.4, 0.5) is 0 Å². The minimum Gasteiger partial charge on any atom is -0.0843 e. The van der Waals surface area contributed by atoms with E-state index in [1.54, 1.807) is 30.3 Å². The SMILES string of the molecule is Clc1ccc(Cl)c(-c2cc(Cl)c(Cl)cc2Cl)c1. The van der Waals surface area contributed by atoms with E-state index in [0.717, 1.165) is 5.56 Å². The molecule has 0 N–H and O–H groups in total. The Morgan fingerprint density at radius 1 is 0.529 bits per heavy atom. The molecule has 0 fully saturated rings. The zero-order valence-corrected chi connectivity index (χ0v) is 12.1. The van der Waals surface area contributed by atoms with Gasteiger partial charge in [-0.25, -0.2) is 0 Å². The van der Waals surface area contributed by atoms with Crippen LogP contribution in [0.15, 0.2) is 30.3 Å². The van der Waals surface area contributed by atoms with E-state index >= 15 is 0 Å². The van der Waals surface area contributed by atoms with Gasteiger partial charge in [-0.15, -0.1) is 0 Å². The predicted molar refractivity (Wildman–Crippen MR) is 76.9 cm³/mol. The number of benzene rings is 2. The van der Waals surface area contributed by atoms with Gasteiger partial charge in [-0.2, -0.15) is 0 Å². The third-order valence-corrected chi connectivity index (χ3v) is 3.83. The Morgan fingerprint density at radius 3 is 1.82 bits per heavy atom. The van der Waals surface area contributed by atoms with E-state index in [4.69, 9.17) is 58.0 Å². The van der Waals surface area contributed by atoms with Gasteiger partial charge in [0, 0.05) is 21.2 Å². The highest BCUT2D eigenvalue weighted by Gasteiger charge is 2.11. The Morgan fingerprint density at radius 2 is 1.12 bits per heavy atom. The van der Waals surface area contributed by atoms with E-state index in [2.05, 4.69) is 0 Å². The van der Waals surface area contributed by atoms with Crippen molar-refractivity contribution in [1.29, 1.82) is 0 Å². The molecule has 0 unspecified atom stereocenters. The standard InChI is InChI=1S/C12H5Cl5/c13-6-1-2-9(14)7(3-6)8-4-11(16)12(17)5-10(8)15/h1-5H. The highest BCUT2D eigenvalue weighted by atomic mass is 35.5. The molecule has 88 valence electrons. The summed E-state index contributed by atoms with van der Waals surface area (Å²) in [5, 5.41) is 2.42. The summed E-state index contributed by atoms with van der Waals surface area (Å²) in [6, 6.07) is 8.40. The van der Waals surface area contributed by atoms with Crippen molar-refractivity contribution < 1.29 is 0 Å². The lowest BCUT2D eigenvalue weighted by Crippen LogP contribution is -1.83. The first-order valence-electron chi connectivity index (χ1n) is 4.59. The van der Waals surface area contributed by atoms with Crippen LogP contribution in [-0.2, 0) is 0 Å². The van der Waals surface area contributed by atoms with Gasteiger partial charge in [0.25, 0.3) is 0 Å². The molecule has 17 heavy (non-hydrogen) atoms. The molecular formula is C12H5Cl5. The van der Waals surface area contributed by atoms with Gasteiger partial charge in [-0.3, -0.25) is 0 Å². The van der Waals surface area contributed by atoms with Gasteiger partial charge in [0.15, 0.2) is 0 Å². The molecule has 0 bridgehead atoms. The van der Waals surface area contributed by atoms with Gasteiger partial charge < -0.3 is 0 Å². The summed E-state index contributed by atoms with van der Waals surface area (Å²) in [5.41, 5.74) is 1.43. The van der Waals surface area contributed by atoms with Crippen molar-refractivity contribution in [2.45, 2.75) is 0 Å². The zero-order chi connectivity index (χ0) is 12.6. The molecular weight excluding hydrogens is 321 g/mol. The normalized spacial score (nSPS) is 10.6. The average molecular weight is 326 g/mol. The van der Waals surface area contributed by atoms with Gasteiger partial charge in [0.2, 0.25) is 0 Å². The molecule has 0 aliphatic heterocycles. The fourth-order valence-corrected chi connectivity index (χ4v) is 2.47. The van der Waals surface area contributed by atoms with Crippen LogP contribution in [0.3, 0.4) is 0 Å². The van der Waals surface area contributed by atoms with Gasteiger partial charge in [-0.1, -0.05) is 58.0 Å². The van der Waals surface area contributed by atoms with Crippen molar-refractivity contribution in [3.8, 4) is 11.1 Å². The molecule has 0 spiro atoms. The van der Waals surface area contributed by atoms with Crippen molar-refractivity contribution in [3.05, 3.63) is 55.4 Å². The Kier molecular flexibility index (Phi) is 4.12. The molecule has 0 heterocycles. The first-order valence-corrected chi connectivity index (χ1v) is 6.48. The van der Waals surface area contributed by atoms with Crippen molar-refractivity contribution in [2.24, 2.45) is 0 Å². The average Bonchev–Trinajstić information content (AvgIpc) is 2.27. The summed E-state index contributed by atoms with van der Waals surface area (Å²) in [6.45, 7) is 0. The van der Waals surface area contributed by atoms with Gasteiger partial charge in [0.05, 0.1) is 15.1 Å². The summed E-state index contributed by atoms with van der Waals surface area (Å²) in [6.07, 6.45) is 0.